The second-order valence-corrected chi connectivity index (χ2v) is 4.84. The van der Waals surface area contributed by atoms with Gasteiger partial charge >= 0.3 is 0 Å². The zero-order valence-corrected chi connectivity index (χ0v) is 11.4. The van der Waals surface area contributed by atoms with Crippen LogP contribution in [0.15, 0.2) is 36.4 Å². The maximum atomic E-state index is 9.17. The highest BCUT2D eigenvalue weighted by molar-refractivity contribution is 5.93. The summed E-state index contributed by atoms with van der Waals surface area (Å²) in [5.41, 5.74) is 6.41. The SMILES string of the molecule is COCc1cccc2c1Nc1cccc(CCO)c1N2. The Bertz CT molecular complexity index is 570. The van der Waals surface area contributed by atoms with Crippen molar-refractivity contribution in [3.63, 3.8) is 0 Å². The number of aliphatic hydroxyl groups excluding tert-OH is 1. The number of methoxy groups -OCH3 is 1. The summed E-state index contributed by atoms with van der Waals surface area (Å²) in [6, 6.07) is 12.2. The lowest BCUT2D eigenvalue weighted by Gasteiger charge is -2.27. The highest BCUT2D eigenvalue weighted by atomic mass is 16.5. The van der Waals surface area contributed by atoms with Crippen molar-refractivity contribution in [2.75, 3.05) is 24.4 Å². The Labute approximate surface area is 118 Å². The second kappa shape index (κ2) is 5.53. The Morgan fingerprint density at radius 2 is 1.55 bits per heavy atom. The van der Waals surface area contributed by atoms with Crippen molar-refractivity contribution in [3.05, 3.63) is 47.5 Å². The fourth-order valence-corrected chi connectivity index (χ4v) is 2.58. The van der Waals surface area contributed by atoms with E-state index in [9.17, 15) is 0 Å². The Kier molecular flexibility index (Phi) is 3.58. The molecule has 0 amide bonds. The zero-order chi connectivity index (χ0) is 13.9. The van der Waals surface area contributed by atoms with Gasteiger partial charge in [0.15, 0.2) is 0 Å². The molecule has 3 N–H and O–H groups in total. The minimum Gasteiger partial charge on any atom is -0.396 e. The first kappa shape index (κ1) is 13.0. The molecular formula is C16H18N2O2. The molecule has 4 nitrogen and oxygen atoms in total. The number of hydrogen-bond donors (Lipinski definition) is 3. The first-order valence-corrected chi connectivity index (χ1v) is 6.71. The molecule has 0 saturated heterocycles. The molecule has 0 aromatic heterocycles. The lowest BCUT2D eigenvalue weighted by Crippen LogP contribution is -2.11. The number of rotatable bonds is 4. The second-order valence-electron chi connectivity index (χ2n) is 4.84. The molecule has 0 fully saturated rings. The van der Waals surface area contributed by atoms with Gasteiger partial charge in [0.2, 0.25) is 0 Å². The van der Waals surface area contributed by atoms with Gasteiger partial charge in [-0.25, -0.2) is 0 Å². The molecule has 0 unspecified atom stereocenters. The predicted octanol–water partition coefficient (Wildman–Crippen LogP) is 3.17. The quantitative estimate of drug-likeness (QED) is 0.681. The van der Waals surface area contributed by atoms with E-state index >= 15 is 0 Å². The fourth-order valence-electron chi connectivity index (χ4n) is 2.58. The number of benzene rings is 2. The predicted molar refractivity (Wildman–Crippen MR) is 81.0 cm³/mol. The van der Waals surface area contributed by atoms with Crippen molar-refractivity contribution in [1.29, 1.82) is 0 Å². The van der Waals surface area contributed by atoms with Crippen LogP contribution in [0.4, 0.5) is 22.7 Å². The summed E-state index contributed by atoms with van der Waals surface area (Å²) in [6.45, 7) is 0.720. The van der Waals surface area contributed by atoms with Crippen molar-refractivity contribution < 1.29 is 9.84 Å². The maximum Gasteiger partial charge on any atom is 0.0734 e. The summed E-state index contributed by atoms with van der Waals surface area (Å²) >= 11 is 0. The summed E-state index contributed by atoms with van der Waals surface area (Å²) in [6.07, 6.45) is 0.644. The lowest BCUT2D eigenvalue weighted by atomic mass is 10.0. The molecule has 0 bridgehead atoms. The summed E-state index contributed by atoms with van der Waals surface area (Å²) < 4.78 is 5.24. The molecule has 0 atom stereocenters. The number of fused-ring (bicyclic) bond motifs is 2. The molecule has 20 heavy (non-hydrogen) atoms. The monoisotopic (exact) mass is 270 g/mol. The normalized spacial score (nSPS) is 12.1. The molecule has 2 aromatic carbocycles. The number of hydrogen-bond acceptors (Lipinski definition) is 4. The van der Waals surface area contributed by atoms with E-state index in [0.717, 1.165) is 33.9 Å². The highest BCUT2D eigenvalue weighted by Gasteiger charge is 2.18. The lowest BCUT2D eigenvalue weighted by molar-refractivity contribution is 0.185. The molecule has 1 aliphatic rings. The van der Waals surface area contributed by atoms with Gasteiger partial charge in [-0.2, -0.15) is 0 Å². The van der Waals surface area contributed by atoms with Crippen molar-refractivity contribution in [3.8, 4) is 0 Å². The van der Waals surface area contributed by atoms with Crippen molar-refractivity contribution >= 4 is 22.7 Å². The summed E-state index contributed by atoms with van der Waals surface area (Å²) in [5, 5.41) is 16.1. The van der Waals surface area contributed by atoms with Gasteiger partial charge in [-0.3, -0.25) is 0 Å². The zero-order valence-electron chi connectivity index (χ0n) is 11.4. The molecule has 0 saturated carbocycles. The average Bonchev–Trinajstić information content (AvgIpc) is 2.47. The molecule has 1 aliphatic heterocycles. The number of ether oxygens (including phenoxy) is 1. The first-order chi connectivity index (χ1) is 9.83. The Balaban J connectivity index is 2.02. The molecule has 4 heteroatoms. The molecular weight excluding hydrogens is 252 g/mol. The third-order valence-corrected chi connectivity index (χ3v) is 3.50. The van der Waals surface area contributed by atoms with Gasteiger partial charge in [0, 0.05) is 19.3 Å². The minimum atomic E-state index is 0.148. The van der Waals surface area contributed by atoms with E-state index in [1.165, 1.54) is 0 Å². The number of para-hydroxylation sites is 2. The van der Waals surface area contributed by atoms with Crippen LogP contribution in [0.5, 0.6) is 0 Å². The minimum absolute atomic E-state index is 0.148. The Morgan fingerprint density at radius 1 is 0.950 bits per heavy atom. The molecule has 0 aliphatic carbocycles. The van der Waals surface area contributed by atoms with Crippen LogP contribution in [0.3, 0.4) is 0 Å². The Morgan fingerprint density at radius 3 is 2.15 bits per heavy atom. The van der Waals surface area contributed by atoms with Gasteiger partial charge in [0.05, 0.1) is 29.4 Å². The van der Waals surface area contributed by atoms with E-state index in [1.54, 1.807) is 7.11 Å². The highest BCUT2D eigenvalue weighted by Crippen LogP contribution is 2.42. The smallest absolute Gasteiger partial charge is 0.0734 e. The van der Waals surface area contributed by atoms with Crippen LogP contribution in [0.1, 0.15) is 11.1 Å². The van der Waals surface area contributed by atoms with E-state index in [1.807, 2.05) is 30.3 Å². The van der Waals surface area contributed by atoms with Crippen molar-refractivity contribution in [2.45, 2.75) is 13.0 Å². The van der Waals surface area contributed by atoms with Gasteiger partial charge in [-0.1, -0.05) is 24.3 Å². The van der Waals surface area contributed by atoms with Crippen LogP contribution in [0.2, 0.25) is 0 Å². The van der Waals surface area contributed by atoms with Crippen LogP contribution < -0.4 is 10.6 Å². The van der Waals surface area contributed by atoms with Gasteiger partial charge in [-0.05, 0) is 24.1 Å². The number of nitrogens with one attached hydrogen (secondary N) is 2. The van der Waals surface area contributed by atoms with E-state index in [4.69, 9.17) is 9.84 Å². The first-order valence-electron chi connectivity index (χ1n) is 6.71. The molecule has 0 spiro atoms. The van der Waals surface area contributed by atoms with Gasteiger partial charge in [-0.15, -0.1) is 0 Å². The third-order valence-electron chi connectivity index (χ3n) is 3.50. The molecule has 2 aromatic rings. The molecule has 0 radical (unpaired) electrons. The summed E-state index contributed by atoms with van der Waals surface area (Å²) in [4.78, 5) is 0. The van der Waals surface area contributed by atoms with Crippen LogP contribution in [0, 0.1) is 0 Å². The molecule has 104 valence electrons. The van der Waals surface area contributed by atoms with Crippen LogP contribution in [-0.4, -0.2) is 18.8 Å². The van der Waals surface area contributed by atoms with E-state index in [2.05, 4.69) is 16.7 Å². The van der Waals surface area contributed by atoms with Crippen molar-refractivity contribution in [1.82, 2.24) is 0 Å². The van der Waals surface area contributed by atoms with E-state index < -0.39 is 0 Å². The maximum absolute atomic E-state index is 9.17. The summed E-state index contributed by atoms with van der Waals surface area (Å²) in [7, 11) is 1.70. The van der Waals surface area contributed by atoms with Gasteiger partial charge < -0.3 is 20.5 Å². The summed E-state index contributed by atoms with van der Waals surface area (Å²) in [5.74, 6) is 0. The van der Waals surface area contributed by atoms with Crippen molar-refractivity contribution in [2.24, 2.45) is 0 Å². The van der Waals surface area contributed by atoms with Crippen LogP contribution in [-0.2, 0) is 17.8 Å². The number of anilines is 4. The largest absolute Gasteiger partial charge is 0.396 e. The van der Waals surface area contributed by atoms with E-state index in [-0.39, 0.29) is 6.61 Å². The molecule has 3 rings (SSSR count). The fraction of sp³-hybridized carbons (Fsp3) is 0.250. The standard InChI is InChI=1S/C16H18N2O2/c1-20-10-12-5-3-7-14-16(12)18-13-6-2-4-11(8-9-19)15(13)17-14/h2-7,17-19H,8-10H2,1H3. The Hall–Kier alpha value is -2.04. The topological polar surface area (TPSA) is 53.5 Å². The average molecular weight is 270 g/mol. The van der Waals surface area contributed by atoms with E-state index in [0.29, 0.717) is 13.0 Å². The number of aliphatic hydroxyl groups is 1. The van der Waals surface area contributed by atoms with Crippen LogP contribution in [0.25, 0.3) is 0 Å². The van der Waals surface area contributed by atoms with Gasteiger partial charge in [0.1, 0.15) is 0 Å². The molecule has 1 heterocycles. The van der Waals surface area contributed by atoms with Gasteiger partial charge in [0.25, 0.3) is 0 Å². The third kappa shape index (κ3) is 2.24. The van der Waals surface area contributed by atoms with Crippen LogP contribution >= 0.6 is 0 Å².